The topological polar surface area (TPSA) is 94.9 Å². The Bertz CT molecular complexity index is 892. The molecule has 8 nitrogen and oxygen atoms in total. The molecule has 2 aromatic rings. The van der Waals surface area contributed by atoms with Crippen LogP contribution in [0.4, 0.5) is 16.2 Å². The third-order valence-corrected chi connectivity index (χ3v) is 5.04. The van der Waals surface area contributed by atoms with E-state index >= 15 is 0 Å². The van der Waals surface area contributed by atoms with Crippen LogP contribution in [0.25, 0.3) is 0 Å². The van der Waals surface area contributed by atoms with Crippen LogP contribution in [0, 0.1) is 0 Å². The molecule has 0 aliphatic carbocycles. The van der Waals surface area contributed by atoms with E-state index in [1.165, 1.54) is 6.26 Å². The zero-order chi connectivity index (χ0) is 21.2. The number of nitrogens with one attached hydrogen (secondary N) is 2. The second-order valence-corrected chi connectivity index (χ2v) is 7.40. The molecule has 3 rings (SSSR count). The minimum atomic E-state index is -1.32. The van der Waals surface area contributed by atoms with Crippen molar-refractivity contribution >= 4 is 29.2 Å². The molecule has 1 atom stereocenters. The van der Waals surface area contributed by atoms with Crippen LogP contribution in [0.1, 0.15) is 33.5 Å². The Balaban J connectivity index is 1.65. The van der Waals surface area contributed by atoms with Crippen LogP contribution in [0.15, 0.2) is 47.1 Å². The summed E-state index contributed by atoms with van der Waals surface area (Å²) in [6.07, 6.45) is 1.43. The Labute approximate surface area is 169 Å². The van der Waals surface area contributed by atoms with Gasteiger partial charge in [-0.25, -0.2) is 4.79 Å². The molecular weight excluding hydrogens is 372 g/mol. The maximum Gasteiger partial charge on any atom is 0.325 e. The molecule has 8 heteroatoms. The highest BCUT2D eigenvalue weighted by molar-refractivity contribution is 6.10. The number of anilines is 2. The number of hydrogen-bond donors (Lipinski definition) is 2. The predicted octanol–water partition coefficient (Wildman–Crippen LogP) is 2.92. The lowest BCUT2D eigenvalue weighted by atomic mass is 9.99. The second kappa shape index (κ2) is 7.98. The zero-order valence-corrected chi connectivity index (χ0v) is 17.1. The summed E-state index contributed by atoms with van der Waals surface area (Å²) in [6.45, 7) is 8.38. The molecule has 154 valence electrons. The normalized spacial score (nSPS) is 18.9. The van der Waals surface area contributed by atoms with Gasteiger partial charge in [0.25, 0.3) is 5.91 Å². The number of imide groups is 1. The van der Waals surface area contributed by atoms with Gasteiger partial charge in [-0.05, 0) is 64.1 Å². The molecule has 1 saturated heterocycles. The summed E-state index contributed by atoms with van der Waals surface area (Å²) in [6, 6.07) is 10.5. The van der Waals surface area contributed by atoms with Crippen molar-refractivity contribution < 1.29 is 18.8 Å². The Kier molecular flexibility index (Phi) is 5.63. The maximum absolute atomic E-state index is 12.7. The first kappa shape index (κ1) is 20.4. The zero-order valence-electron chi connectivity index (χ0n) is 17.1. The Hall–Kier alpha value is -3.29. The van der Waals surface area contributed by atoms with E-state index in [1.54, 1.807) is 31.2 Å². The van der Waals surface area contributed by atoms with Gasteiger partial charge in [0.15, 0.2) is 5.54 Å². The van der Waals surface area contributed by atoms with Crippen LogP contribution in [0.2, 0.25) is 0 Å². The van der Waals surface area contributed by atoms with Crippen LogP contribution in [-0.2, 0) is 15.1 Å². The van der Waals surface area contributed by atoms with E-state index < -0.39 is 23.4 Å². The van der Waals surface area contributed by atoms with Crippen LogP contribution in [0.5, 0.6) is 0 Å². The van der Waals surface area contributed by atoms with E-state index in [4.69, 9.17) is 4.42 Å². The van der Waals surface area contributed by atoms with E-state index in [-0.39, 0.29) is 6.54 Å². The van der Waals surface area contributed by atoms with Crippen LogP contribution in [0.3, 0.4) is 0 Å². The van der Waals surface area contributed by atoms with Gasteiger partial charge in [0.05, 0.1) is 6.26 Å². The lowest BCUT2D eigenvalue weighted by Gasteiger charge is -2.27. The van der Waals surface area contributed by atoms with Crippen molar-refractivity contribution in [3.8, 4) is 0 Å². The first-order chi connectivity index (χ1) is 13.8. The van der Waals surface area contributed by atoms with Gasteiger partial charge in [0, 0.05) is 24.0 Å². The van der Waals surface area contributed by atoms with E-state index in [9.17, 15) is 14.4 Å². The largest absolute Gasteiger partial charge is 0.466 e. The van der Waals surface area contributed by atoms with Gasteiger partial charge in [-0.2, -0.15) is 0 Å². The smallest absolute Gasteiger partial charge is 0.325 e. The number of amides is 4. The number of urea groups is 1. The number of hydrogen-bond acceptors (Lipinski definition) is 5. The molecule has 2 heterocycles. The highest BCUT2D eigenvalue weighted by atomic mass is 16.3. The third-order valence-electron chi connectivity index (χ3n) is 5.04. The minimum absolute atomic E-state index is 0.319. The summed E-state index contributed by atoms with van der Waals surface area (Å²) >= 11 is 0. The summed E-state index contributed by atoms with van der Waals surface area (Å²) in [5.74, 6) is -0.667. The van der Waals surface area contributed by atoms with Crippen LogP contribution >= 0.6 is 0 Å². The van der Waals surface area contributed by atoms with Gasteiger partial charge in [-0.15, -0.1) is 0 Å². The Morgan fingerprint density at radius 2 is 1.93 bits per heavy atom. The van der Waals surface area contributed by atoms with Gasteiger partial charge < -0.3 is 20.0 Å². The highest BCUT2D eigenvalue weighted by Crippen LogP contribution is 2.29. The molecule has 0 saturated carbocycles. The molecule has 1 fully saturated rings. The summed E-state index contributed by atoms with van der Waals surface area (Å²) in [5, 5.41) is 5.33. The van der Waals surface area contributed by atoms with Gasteiger partial charge in [0.1, 0.15) is 12.3 Å². The minimum Gasteiger partial charge on any atom is -0.466 e. The predicted molar refractivity (Wildman–Crippen MR) is 110 cm³/mol. The maximum atomic E-state index is 12.7. The van der Waals surface area contributed by atoms with E-state index in [0.29, 0.717) is 17.5 Å². The number of rotatable bonds is 7. The fourth-order valence-electron chi connectivity index (χ4n) is 3.50. The lowest BCUT2D eigenvalue weighted by Crippen LogP contribution is -2.41. The quantitative estimate of drug-likeness (QED) is 0.700. The van der Waals surface area contributed by atoms with Gasteiger partial charge in [0.2, 0.25) is 5.91 Å². The first-order valence-corrected chi connectivity index (χ1v) is 9.61. The van der Waals surface area contributed by atoms with Crippen molar-refractivity contribution in [2.75, 3.05) is 23.3 Å². The van der Waals surface area contributed by atoms with Crippen molar-refractivity contribution in [3.05, 3.63) is 48.4 Å². The van der Waals surface area contributed by atoms with Crippen LogP contribution < -0.4 is 15.5 Å². The van der Waals surface area contributed by atoms with E-state index in [2.05, 4.69) is 36.3 Å². The molecule has 29 heavy (non-hydrogen) atoms. The van der Waals surface area contributed by atoms with Gasteiger partial charge in [-0.3, -0.25) is 14.5 Å². The first-order valence-electron chi connectivity index (χ1n) is 9.61. The Morgan fingerprint density at radius 3 is 2.48 bits per heavy atom. The number of nitrogens with zero attached hydrogens (tertiary/aromatic N) is 2. The van der Waals surface area contributed by atoms with Crippen molar-refractivity contribution in [1.82, 2.24) is 10.2 Å². The molecule has 2 N–H and O–H groups in total. The summed E-state index contributed by atoms with van der Waals surface area (Å²) in [7, 11) is 0. The van der Waals surface area contributed by atoms with Crippen molar-refractivity contribution in [2.24, 2.45) is 0 Å². The number of benzene rings is 1. The third kappa shape index (κ3) is 3.96. The molecule has 0 radical (unpaired) electrons. The fraction of sp³-hybridized carbons (Fsp3) is 0.381. The fourth-order valence-corrected chi connectivity index (χ4v) is 3.50. The van der Waals surface area contributed by atoms with E-state index in [0.717, 1.165) is 17.1 Å². The molecule has 1 aliphatic heterocycles. The molecule has 1 aliphatic rings. The van der Waals surface area contributed by atoms with Crippen molar-refractivity contribution in [3.63, 3.8) is 0 Å². The summed E-state index contributed by atoms with van der Waals surface area (Å²) in [4.78, 5) is 40.5. The molecule has 0 spiro atoms. The second-order valence-electron chi connectivity index (χ2n) is 7.40. The average Bonchev–Trinajstić information content (AvgIpc) is 3.28. The van der Waals surface area contributed by atoms with Crippen molar-refractivity contribution in [1.29, 1.82) is 0 Å². The highest BCUT2D eigenvalue weighted by Gasteiger charge is 2.51. The molecule has 1 aromatic carbocycles. The molecule has 1 unspecified atom stereocenters. The number of carbonyl (C=O) groups is 3. The van der Waals surface area contributed by atoms with Crippen LogP contribution in [-0.4, -0.2) is 41.9 Å². The van der Waals surface area contributed by atoms with Crippen molar-refractivity contribution in [2.45, 2.75) is 39.3 Å². The average molecular weight is 398 g/mol. The number of furan rings is 1. The standard InChI is InChI=1S/C21H26N4O4/c1-5-24(14(2)3)16-10-8-15(9-11-16)22-18(26)13-25-19(27)21(4,23-20(25)28)17-7-6-12-29-17/h6-12,14H,5,13H2,1-4H3,(H,22,26)(H,23,28). The summed E-state index contributed by atoms with van der Waals surface area (Å²) in [5.41, 5.74) is 0.339. The van der Waals surface area contributed by atoms with Gasteiger partial charge in [-0.1, -0.05) is 0 Å². The number of carbonyl (C=O) groups excluding carboxylic acids is 3. The molecule has 4 amide bonds. The molecule has 1 aromatic heterocycles. The lowest BCUT2D eigenvalue weighted by molar-refractivity contribution is -0.134. The van der Waals surface area contributed by atoms with Gasteiger partial charge >= 0.3 is 6.03 Å². The SMILES string of the molecule is CCN(c1ccc(NC(=O)CN2C(=O)NC(C)(c3ccco3)C2=O)cc1)C(C)C. The summed E-state index contributed by atoms with van der Waals surface area (Å²) < 4.78 is 5.28. The monoisotopic (exact) mass is 398 g/mol. The molecular formula is C21H26N4O4. The molecule has 0 bridgehead atoms. The van der Waals surface area contributed by atoms with E-state index in [1.807, 2.05) is 12.1 Å². The Morgan fingerprint density at radius 1 is 1.24 bits per heavy atom.